The third-order valence-electron chi connectivity index (χ3n) is 4.21. The van der Waals surface area contributed by atoms with Gasteiger partial charge in [0.2, 0.25) is 0 Å². The van der Waals surface area contributed by atoms with Crippen LogP contribution in [0.1, 0.15) is 40.2 Å². The molecule has 2 aliphatic rings. The fraction of sp³-hybridized carbons (Fsp3) is 0.571. The monoisotopic (exact) mass is 277 g/mol. The van der Waals surface area contributed by atoms with Gasteiger partial charge in [-0.05, 0) is 38.9 Å². The highest BCUT2D eigenvalue weighted by atomic mass is 32.1. The molecule has 0 spiro atoms. The van der Waals surface area contributed by atoms with Gasteiger partial charge in [0, 0.05) is 35.5 Å². The van der Waals surface area contributed by atoms with E-state index in [4.69, 9.17) is 0 Å². The Morgan fingerprint density at radius 3 is 2.63 bits per heavy atom. The van der Waals surface area contributed by atoms with Crippen LogP contribution >= 0.6 is 11.3 Å². The van der Waals surface area contributed by atoms with Crippen LogP contribution in [-0.2, 0) is 0 Å². The Labute approximate surface area is 117 Å². The summed E-state index contributed by atoms with van der Waals surface area (Å²) >= 11 is 1.51. The number of aryl methyl sites for hydroxylation is 1. The first kappa shape index (κ1) is 12.8. The summed E-state index contributed by atoms with van der Waals surface area (Å²) in [6.45, 7) is 2.00. The summed E-state index contributed by atoms with van der Waals surface area (Å²) in [4.78, 5) is 16.3. The van der Waals surface area contributed by atoms with Crippen LogP contribution in [0.4, 0.5) is 0 Å². The number of nitrogens with one attached hydrogen (secondary N) is 1. The number of amides is 1. The first-order valence-electron chi connectivity index (χ1n) is 6.77. The highest BCUT2D eigenvalue weighted by molar-refractivity contribution is 7.13. The Balaban J connectivity index is 1.63. The number of rotatable bonds is 2. The average molecular weight is 277 g/mol. The first-order valence-corrected chi connectivity index (χ1v) is 7.59. The molecular formula is C14H19N3OS. The van der Waals surface area contributed by atoms with Crippen LogP contribution in [-0.4, -0.2) is 35.7 Å². The van der Waals surface area contributed by atoms with Gasteiger partial charge >= 0.3 is 0 Å². The Morgan fingerprint density at radius 2 is 2.05 bits per heavy atom. The SMILES string of the molecule is Cc1ccc(C(=O)NN=C2C[C@H]3CC[C@H](C2)N3C)s1. The third kappa shape index (κ3) is 2.58. The minimum Gasteiger partial charge on any atom is -0.300 e. The molecule has 19 heavy (non-hydrogen) atoms. The molecule has 0 unspecified atom stereocenters. The zero-order valence-electron chi connectivity index (χ0n) is 11.3. The van der Waals surface area contributed by atoms with Gasteiger partial charge in [0.05, 0.1) is 4.88 Å². The summed E-state index contributed by atoms with van der Waals surface area (Å²) in [6, 6.07) is 5.06. The molecule has 5 heteroatoms. The molecule has 1 amide bonds. The Hall–Kier alpha value is -1.20. The lowest BCUT2D eigenvalue weighted by Crippen LogP contribution is -2.40. The normalized spacial score (nSPS) is 26.5. The standard InChI is InChI=1S/C14H19N3OS/c1-9-3-6-13(19-9)14(18)16-15-10-7-11-4-5-12(8-10)17(11)2/h3,6,11-12H,4-5,7-8H2,1-2H3,(H,16,18)/t11-,12-/m1/s1. The second kappa shape index (κ2) is 5.06. The maximum Gasteiger partial charge on any atom is 0.281 e. The quantitative estimate of drug-likeness (QED) is 0.844. The maximum absolute atomic E-state index is 11.9. The van der Waals surface area contributed by atoms with E-state index in [1.807, 2.05) is 19.1 Å². The topological polar surface area (TPSA) is 44.7 Å². The number of carbonyl (C=O) groups is 1. The van der Waals surface area contributed by atoms with Crippen molar-refractivity contribution in [2.45, 2.75) is 44.7 Å². The van der Waals surface area contributed by atoms with Gasteiger partial charge in [-0.2, -0.15) is 5.10 Å². The largest absolute Gasteiger partial charge is 0.300 e. The summed E-state index contributed by atoms with van der Waals surface area (Å²) < 4.78 is 0. The summed E-state index contributed by atoms with van der Waals surface area (Å²) in [5, 5.41) is 4.34. The number of hydrazone groups is 1. The number of nitrogens with zero attached hydrogens (tertiary/aromatic N) is 2. The summed E-state index contributed by atoms with van der Waals surface area (Å²) in [5.74, 6) is -0.0862. The van der Waals surface area contributed by atoms with Crippen molar-refractivity contribution in [1.82, 2.24) is 10.3 Å². The number of piperidine rings is 1. The summed E-state index contributed by atoms with van der Waals surface area (Å²) in [7, 11) is 2.20. The van der Waals surface area contributed by atoms with E-state index in [1.54, 1.807) is 0 Å². The lowest BCUT2D eigenvalue weighted by atomic mass is 10.0. The van der Waals surface area contributed by atoms with Crippen molar-refractivity contribution in [3.05, 3.63) is 21.9 Å². The molecule has 1 N–H and O–H groups in total. The van der Waals surface area contributed by atoms with Crippen molar-refractivity contribution in [3.63, 3.8) is 0 Å². The number of carbonyl (C=O) groups excluding carboxylic acids is 1. The minimum atomic E-state index is -0.0862. The lowest BCUT2D eigenvalue weighted by molar-refractivity contribution is 0.0958. The second-order valence-electron chi connectivity index (χ2n) is 5.49. The van der Waals surface area contributed by atoms with Crippen molar-refractivity contribution in [3.8, 4) is 0 Å². The molecule has 2 fully saturated rings. The molecule has 3 heterocycles. The predicted octanol–water partition coefficient (Wildman–Crippen LogP) is 2.40. The second-order valence-corrected chi connectivity index (χ2v) is 6.78. The van der Waals surface area contributed by atoms with E-state index in [1.165, 1.54) is 24.2 Å². The molecule has 2 saturated heterocycles. The van der Waals surface area contributed by atoms with Crippen LogP contribution in [0.3, 0.4) is 0 Å². The van der Waals surface area contributed by atoms with Crippen molar-refractivity contribution >= 4 is 23.0 Å². The fourth-order valence-corrected chi connectivity index (χ4v) is 3.80. The van der Waals surface area contributed by atoms with Crippen LogP contribution < -0.4 is 5.43 Å². The van der Waals surface area contributed by atoms with Crippen LogP contribution in [0.5, 0.6) is 0 Å². The van der Waals surface area contributed by atoms with Crippen LogP contribution in [0.25, 0.3) is 0 Å². The molecular weight excluding hydrogens is 258 g/mol. The van der Waals surface area contributed by atoms with Gasteiger partial charge in [-0.15, -0.1) is 11.3 Å². The molecule has 0 aliphatic carbocycles. The van der Waals surface area contributed by atoms with E-state index in [0.717, 1.165) is 28.3 Å². The van der Waals surface area contributed by atoms with Gasteiger partial charge in [0.15, 0.2) is 0 Å². The molecule has 0 saturated carbocycles. The Kier molecular flexibility index (Phi) is 3.41. The highest BCUT2D eigenvalue weighted by Crippen LogP contribution is 2.32. The van der Waals surface area contributed by atoms with Gasteiger partial charge in [-0.3, -0.25) is 9.69 Å². The minimum absolute atomic E-state index is 0.0862. The molecule has 1 aromatic heterocycles. The molecule has 1 aromatic rings. The zero-order chi connectivity index (χ0) is 13.4. The summed E-state index contributed by atoms with van der Waals surface area (Å²) in [5.41, 5.74) is 3.85. The van der Waals surface area contributed by atoms with Crippen molar-refractivity contribution < 1.29 is 4.79 Å². The van der Waals surface area contributed by atoms with Crippen molar-refractivity contribution in [2.75, 3.05) is 7.05 Å². The van der Waals surface area contributed by atoms with E-state index in [0.29, 0.717) is 12.1 Å². The smallest absolute Gasteiger partial charge is 0.281 e. The molecule has 0 radical (unpaired) electrons. The van der Waals surface area contributed by atoms with Gasteiger partial charge in [-0.1, -0.05) is 0 Å². The Bertz CT molecular complexity index is 507. The number of hydrogen-bond donors (Lipinski definition) is 1. The third-order valence-corrected chi connectivity index (χ3v) is 5.21. The van der Waals surface area contributed by atoms with Crippen LogP contribution in [0, 0.1) is 6.92 Å². The van der Waals surface area contributed by atoms with E-state index >= 15 is 0 Å². The molecule has 0 aromatic carbocycles. The molecule has 3 rings (SSSR count). The molecule has 2 bridgehead atoms. The number of thiophene rings is 1. The molecule has 2 aliphatic heterocycles. The van der Waals surface area contributed by atoms with Gasteiger partial charge in [-0.25, -0.2) is 5.43 Å². The van der Waals surface area contributed by atoms with Gasteiger partial charge in [0.1, 0.15) is 0 Å². The van der Waals surface area contributed by atoms with Gasteiger partial charge in [0.25, 0.3) is 5.91 Å². The predicted molar refractivity (Wildman–Crippen MR) is 77.8 cm³/mol. The van der Waals surface area contributed by atoms with Crippen LogP contribution in [0.15, 0.2) is 17.2 Å². The Morgan fingerprint density at radius 1 is 1.37 bits per heavy atom. The highest BCUT2D eigenvalue weighted by Gasteiger charge is 2.36. The first-order chi connectivity index (χ1) is 9.13. The molecule has 102 valence electrons. The lowest BCUT2D eigenvalue weighted by Gasteiger charge is -2.31. The average Bonchev–Trinajstić information content (AvgIpc) is 2.88. The number of hydrogen-bond acceptors (Lipinski definition) is 4. The van der Waals surface area contributed by atoms with E-state index in [-0.39, 0.29) is 5.91 Å². The van der Waals surface area contributed by atoms with E-state index in [9.17, 15) is 4.79 Å². The van der Waals surface area contributed by atoms with E-state index < -0.39 is 0 Å². The van der Waals surface area contributed by atoms with Crippen molar-refractivity contribution in [2.24, 2.45) is 5.10 Å². The number of fused-ring (bicyclic) bond motifs is 2. The molecule has 2 atom stereocenters. The fourth-order valence-electron chi connectivity index (χ4n) is 3.04. The van der Waals surface area contributed by atoms with Crippen molar-refractivity contribution in [1.29, 1.82) is 0 Å². The van der Waals surface area contributed by atoms with E-state index in [2.05, 4.69) is 22.5 Å². The van der Waals surface area contributed by atoms with Crippen LogP contribution in [0.2, 0.25) is 0 Å². The maximum atomic E-state index is 11.9. The summed E-state index contributed by atoms with van der Waals surface area (Å²) in [6.07, 6.45) is 4.52. The molecule has 4 nitrogen and oxygen atoms in total. The van der Waals surface area contributed by atoms with Gasteiger partial charge < -0.3 is 0 Å². The zero-order valence-corrected chi connectivity index (χ0v) is 12.2.